The first-order valence-corrected chi connectivity index (χ1v) is 6.37. The molecule has 0 aliphatic carbocycles. The summed E-state index contributed by atoms with van der Waals surface area (Å²) in [6.07, 6.45) is 0. The van der Waals surface area contributed by atoms with Gasteiger partial charge in [-0.3, -0.25) is 5.73 Å². The molecule has 0 saturated carbocycles. The van der Waals surface area contributed by atoms with Gasteiger partial charge in [0.25, 0.3) is 0 Å². The van der Waals surface area contributed by atoms with Gasteiger partial charge >= 0.3 is 5.13 Å². The van der Waals surface area contributed by atoms with E-state index < -0.39 is 0 Å². The summed E-state index contributed by atoms with van der Waals surface area (Å²) in [7, 11) is 0. The van der Waals surface area contributed by atoms with Crippen molar-refractivity contribution in [2.75, 3.05) is 5.73 Å². The van der Waals surface area contributed by atoms with Crippen molar-refractivity contribution in [3.05, 3.63) is 60.2 Å². The van der Waals surface area contributed by atoms with Crippen LogP contribution >= 0.6 is 11.3 Å². The quantitative estimate of drug-likeness (QED) is 0.687. The molecule has 3 aromatic rings. The number of hydrogen-bond donors (Lipinski definition) is 1. The number of rotatable bonds is 2. The summed E-state index contributed by atoms with van der Waals surface area (Å²) in [5.41, 5.74) is 8.56. The lowest BCUT2D eigenvalue weighted by molar-refractivity contribution is -0.644. The number of aromatic nitrogens is 1. The van der Waals surface area contributed by atoms with E-state index in [1.807, 2.05) is 12.1 Å². The van der Waals surface area contributed by atoms with Crippen LogP contribution in [0.2, 0.25) is 0 Å². The normalized spacial score (nSPS) is 10.8. The van der Waals surface area contributed by atoms with Gasteiger partial charge in [0.15, 0.2) is 0 Å². The predicted molar refractivity (Wildman–Crippen MR) is 72.0 cm³/mol. The van der Waals surface area contributed by atoms with Gasteiger partial charge in [0.2, 0.25) is 0 Å². The molecule has 3 rings (SSSR count). The van der Waals surface area contributed by atoms with E-state index in [2.05, 4.69) is 47.0 Å². The molecule has 0 amide bonds. The zero-order valence-electron chi connectivity index (χ0n) is 9.34. The lowest BCUT2D eigenvalue weighted by Crippen LogP contribution is -2.35. The number of nitrogens with two attached hydrogens (primary N) is 1. The largest absolute Gasteiger partial charge is 0.333 e. The lowest BCUT2D eigenvalue weighted by Gasteiger charge is -2.00. The van der Waals surface area contributed by atoms with E-state index in [4.69, 9.17) is 5.73 Å². The van der Waals surface area contributed by atoms with E-state index in [0.29, 0.717) is 0 Å². The number of nitrogen functional groups attached to an aromatic ring is 1. The van der Waals surface area contributed by atoms with Crippen molar-refractivity contribution >= 4 is 26.7 Å². The number of hydrogen-bond acceptors (Lipinski definition) is 2. The molecule has 0 aliphatic rings. The van der Waals surface area contributed by atoms with Crippen molar-refractivity contribution in [3.8, 4) is 0 Å². The lowest BCUT2D eigenvalue weighted by atomic mass is 10.2. The Balaban J connectivity index is 2.08. The first-order chi connectivity index (χ1) is 8.34. The van der Waals surface area contributed by atoms with Gasteiger partial charge in [0, 0.05) is 0 Å². The van der Waals surface area contributed by atoms with Gasteiger partial charge in [-0.1, -0.05) is 42.5 Å². The molecule has 2 nitrogen and oxygen atoms in total. The third kappa shape index (κ3) is 1.89. The van der Waals surface area contributed by atoms with Crippen LogP contribution in [0, 0.1) is 0 Å². The Labute approximate surface area is 104 Å². The SMILES string of the molecule is Nc1sc2ccccc2[n+]1Cc1ccccc1. The molecule has 84 valence electrons. The van der Waals surface area contributed by atoms with Gasteiger partial charge in [-0.15, -0.1) is 0 Å². The number of nitrogens with zero attached hydrogens (tertiary/aromatic N) is 1. The summed E-state index contributed by atoms with van der Waals surface area (Å²) >= 11 is 1.64. The standard InChI is InChI=1S/C14H12N2S/c15-14-16(10-11-6-2-1-3-7-11)12-8-4-5-9-13(12)17-14/h1-9,15H,10H2/p+1. The zero-order chi connectivity index (χ0) is 11.7. The maximum Gasteiger partial charge on any atom is 0.333 e. The van der Waals surface area contributed by atoms with E-state index in [1.165, 1.54) is 15.8 Å². The van der Waals surface area contributed by atoms with E-state index in [9.17, 15) is 0 Å². The summed E-state index contributed by atoms with van der Waals surface area (Å²) < 4.78 is 3.40. The molecule has 0 aliphatic heterocycles. The average Bonchev–Trinajstić information content (AvgIpc) is 2.68. The Bertz CT molecular complexity index is 644. The van der Waals surface area contributed by atoms with Crippen molar-refractivity contribution < 1.29 is 4.57 Å². The van der Waals surface area contributed by atoms with Gasteiger partial charge < -0.3 is 0 Å². The summed E-state index contributed by atoms with van der Waals surface area (Å²) in [6, 6.07) is 18.7. The van der Waals surface area contributed by atoms with Crippen molar-refractivity contribution in [1.82, 2.24) is 0 Å². The fourth-order valence-electron chi connectivity index (χ4n) is 1.98. The maximum atomic E-state index is 6.08. The molecule has 17 heavy (non-hydrogen) atoms. The highest BCUT2D eigenvalue weighted by Crippen LogP contribution is 2.21. The second kappa shape index (κ2) is 4.18. The Kier molecular flexibility index (Phi) is 2.53. The Morgan fingerprint density at radius 1 is 0.941 bits per heavy atom. The minimum absolute atomic E-state index is 0.830. The highest BCUT2D eigenvalue weighted by molar-refractivity contribution is 7.21. The van der Waals surface area contributed by atoms with Crippen LogP contribution in [0.3, 0.4) is 0 Å². The van der Waals surface area contributed by atoms with Gasteiger partial charge in [-0.25, -0.2) is 4.57 Å². The molecule has 2 N–H and O–H groups in total. The summed E-state index contributed by atoms with van der Waals surface area (Å²) in [6.45, 7) is 0.830. The van der Waals surface area contributed by atoms with Crippen molar-refractivity contribution in [2.45, 2.75) is 6.54 Å². The number of benzene rings is 2. The highest BCUT2D eigenvalue weighted by Gasteiger charge is 2.14. The number of para-hydroxylation sites is 1. The molecule has 1 aromatic heterocycles. The summed E-state index contributed by atoms with van der Waals surface area (Å²) in [5.74, 6) is 0. The molecule has 1 heterocycles. The zero-order valence-corrected chi connectivity index (χ0v) is 10.2. The van der Waals surface area contributed by atoms with Crippen molar-refractivity contribution in [1.29, 1.82) is 0 Å². The number of anilines is 1. The third-order valence-electron chi connectivity index (χ3n) is 2.82. The molecule has 0 fully saturated rings. The van der Waals surface area contributed by atoms with Gasteiger partial charge in [0.05, 0.1) is 4.70 Å². The monoisotopic (exact) mass is 241 g/mol. The number of thiazole rings is 1. The smallest absolute Gasteiger partial charge is 0.278 e. The van der Waals surface area contributed by atoms with Gasteiger partial charge in [0.1, 0.15) is 12.1 Å². The van der Waals surface area contributed by atoms with E-state index in [1.54, 1.807) is 11.3 Å². The molecular weight excluding hydrogens is 228 g/mol. The Morgan fingerprint density at radius 2 is 1.65 bits per heavy atom. The minimum Gasteiger partial charge on any atom is -0.278 e. The predicted octanol–water partition coefficient (Wildman–Crippen LogP) is 2.82. The average molecular weight is 241 g/mol. The summed E-state index contributed by atoms with van der Waals surface area (Å²) in [4.78, 5) is 0. The Hall–Kier alpha value is -1.87. The summed E-state index contributed by atoms with van der Waals surface area (Å²) in [5, 5.41) is 0.857. The molecule has 0 radical (unpaired) electrons. The molecular formula is C14H13N2S+. The molecule has 0 spiro atoms. The van der Waals surface area contributed by atoms with Crippen molar-refractivity contribution in [3.63, 3.8) is 0 Å². The molecule has 3 heteroatoms. The number of fused-ring (bicyclic) bond motifs is 1. The van der Waals surface area contributed by atoms with E-state index in [-0.39, 0.29) is 0 Å². The molecule has 0 atom stereocenters. The van der Waals surface area contributed by atoms with Crippen LogP contribution < -0.4 is 10.3 Å². The van der Waals surface area contributed by atoms with Crippen LogP contribution in [0.5, 0.6) is 0 Å². The second-order valence-electron chi connectivity index (χ2n) is 3.98. The topological polar surface area (TPSA) is 29.9 Å². The van der Waals surface area contributed by atoms with Gasteiger partial charge in [-0.2, -0.15) is 0 Å². The maximum absolute atomic E-state index is 6.08. The van der Waals surface area contributed by atoms with Crippen LogP contribution in [0.4, 0.5) is 5.13 Å². The first-order valence-electron chi connectivity index (χ1n) is 5.55. The van der Waals surface area contributed by atoms with Crippen molar-refractivity contribution in [2.24, 2.45) is 0 Å². The van der Waals surface area contributed by atoms with E-state index in [0.717, 1.165) is 11.7 Å². The van der Waals surface area contributed by atoms with E-state index >= 15 is 0 Å². The second-order valence-corrected chi connectivity index (χ2v) is 5.04. The van der Waals surface area contributed by atoms with Crippen LogP contribution in [0.25, 0.3) is 10.2 Å². The van der Waals surface area contributed by atoms with Gasteiger partial charge in [-0.05, 0) is 29.0 Å². The third-order valence-corrected chi connectivity index (χ3v) is 3.81. The fourth-order valence-corrected chi connectivity index (χ4v) is 2.91. The Morgan fingerprint density at radius 3 is 2.47 bits per heavy atom. The van der Waals surface area contributed by atoms with Crippen LogP contribution in [0.15, 0.2) is 54.6 Å². The van der Waals surface area contributed by atoms with Crippen LogP contribution in [0.1, 0.15) is 5.56 Å². The molecule has 0 bridgehead atoms. The fraction of sp³-hybridized carbons (Fsp3) is 0.0714. The van der Waals surface area contributed by atoms with Crippen LogP contribution in [-0.2, 0) is 6.54 Å². The highest BCUT2D eigenvalue weighted by atomic mass is 32.1. The molecule has 0 unspecified atom stereocenters. The minimum atomic E-state index is 0.830. The molecule has 0 saturated heterocycles. The first kappa shape index (κ1) is 10.3. The van der Waals surface area contributed by atoms with Crippen LogP contribution in [-0.4, -0.2) is 0 Å². The molecule has 2 aromatic carbocycles.